The molecule has 0 aliphatic rings. The zero-order chi connectivity index (χ0) is 10.8. The molecule has 0 saturated heterocycles. The summed E-state index contributed by atoms with van der Waals surface area (Å²) in [7, 11) is 0. The Labute approximate surface area is 86.1 Å². The third kappa shape index (κ3) is 2.24. The molecular weight excluding hydrogens is 172 g/mol. The van der Waals surface area contributed by atoms with E-state index in [2.05, 4.69) is 13.0 Å². The highest BCUT2D eigenvalue weighted by molar-refractivity contribution is 5.73. The maximum atomic E-state index is 9.99. The first-order chi connectivity index (χ1) is 6.46. The first kappa shape index (κ1) is 11.0. The molecule has 0 aliphatic heterocycles. The molecule has 0 spiro atoms. The van der Waals surface area contributed by atoms with Crippen molar-refractivity contribution in [2.45, 2.75) is 33.3 Å². The molecule has 0 heterocycles. The van der Waals surface area contributed by atoms with Gasteiger partial charge in [-0.05, 0) is 44.4 Å². The van der Waals surface area contributed by atoms with Crippen molar-refractivity contribution in [1.29, 1.82) is 0 Å². The molecule has 0 aliphatic carbocycles. The Hall–Kier alpha value is -1.08. The van der Waals surface area contributed by atoms with Crippen LogP contribution in [0.25, 0.3) is 5.57 Å². The fraction of sp³-hybridized carbons (Fsp3) is 0.385. The van der Waals surface area contributed by atoms with Crippen molar-refractivity contribution in [3.8, 4) is 0 Å². The van der Waals surface area contributed by atoms with Gasteiger partial charge in [0.25, 0.3) is 0 Å². The summed E-state index contributed by atoms with van der Waals surface area (Å²) >= 11 is 0. The van der Waals surface area contributed by atoms with E-state index in [0.717, 1.165) is 11.1 Å². The molecule has 1 heteroatoms. The van der Waals surface area contributed by atoms with Crippen LogP contribution in [0.1, 0.15) is 31.9 Å². The standard InChI is InChI=1S/C13H18O/c1-5-12(13(3,4)14)11-9-7-6-8-10(11)2/h5-9,14H,1-4H3. The molecule has 0 radical (unpaired) electrons. The normalized spacial score (nSPS) is 13.1. The van der Waals surface area contributed by atoms with Crippen molar-refractivity contribution in [2.24, 2.45) is 0 Å². The van der Waals surface area contributed by atoms with Gasteiger partial charge in [0.15, 0.2) is 0 Å². The van der Waals surface area contributed by atoms with Crippen LogP contribution in [0.2, 0.25) is 0 Å². The quantitative estimate of drug-likeness (QED) is 0.759. The zero-order valence-corrected chi connectivity index (χ0v) is 9.33. The second kappa shape index (κ2) is 3.97. The summed E-state index contributed by atoms with van der Waals surface area (Å²) in [6.07, 6.45) is 1.97. The molecule has 1 aromatic rings. The van der Waals surface area contributed by atoms with Gasteiger partial charge >= 0.3 is 0 Å². The highest BCUT2D eigenvalue weighted by atomic mass is 16.3. The Kier molecular flexibility index (Phi) is 3.12. The second-order valence-corrected chi connectivity index (χ2v) is 4.08. The predicted octanol–water partition coefficient (Wildman–Crippen LogP) is 3.17. The number of aryl methyl sites for hydroxylation is 1. The molecule has 1 aromatic carbocycles. The van der Waals surface area contributed by atoms with Crippen molar-refractivity contribution in [3.05, 3.63) is 41.5 Å². The van der Waals surface area contributed by atoms with Crippen LogP contribution in [0.4, 0.5) is 0 Å². The van der Waals surface area contributed by atoms with Crippen LogP contribution < -0.4 is 0 Å². The average molecular weight is 190 g/mol. The van der Waals surface area contributed by atoms with Crippen LogP contribution in [0.3, 0.4) is 0 Å². The maximum absolute atomic E-state index is 9.99. The number of allylic oxidation sites excluding steroid dienone is 1. The number of rotatable bonds is 2. The molecular formula is C13H18O. The molecule has 76 valence electrons. The zero-order valence-electron chi connectivity index (χ0n) is 9.33. The van der Waals surface area contributed by atoms with Gasteiger partial charge in [0, 0.05) is 0 Å². The monoisotopic (exact) mass is 190 g/mol. The molecule has 14 heavy (non-hydrogen) atoms. The van der Waals surface area contributed by atoms with Crippen molar-refractivity contribution in [2.75, 3.05) is 0 Å². The van der Waals surface area contributed by atoms with E-state index in [1.807, 2.05) is 45.0 Å². The molecule has 0 fully saturated rings. The highest BCUT2D eigenvalue weighted by Gasteiger charge is 2.20. The molecule has 0 bridgehead atoms. The number of aliphatic hydroxyl groups is 1. The fourth-order valence-electron chi connectivity index (χ4n) is 1.71. The largest absolute Gasteiger partial charge is 0.386 e. The van der Waals surface area contributed by atoms with Gasteiger partial charge in [0.1, 0.15) is 0 Å². The lowest BCUT2D eigenvalue weighted by Crippen LogP contribution is -2.21. The van der Waals surface area contributed by atoms with E-state index < -0.39 is 5.60 Å². The van der Waals surface area contributed by atoms with Gasteiger partial charge < -0.3 is 5.11 Å². The van der Waals surface area contributed by atoms with E-state index in [9.17, 15) is 5.11 Å². The van der Waals surface area contributed by atoms with Crippen LogP contribution in [0.5, 0.6) is 0 Å². The summed E-state index contributed by atoms with van der Waals surface area (Å²) in [5.74, 6) is 0. The minimum absolute atomic E-state index is 0.777. The van der Waals surface area contributed by atoms with Crippen LogP contribution in [-0.2, 0) is 0 Å². The predicted molar refractivity (Wildman–Crippen MR) is 61.1 cm³/mol. The number of hydrogen-bond acceptors (Lipinski definition) is 1. The van der Waals surface area contributed by atoms with Gasteiger partial charge in [0.05, 0.1) is 5.60 Å². The lowest BCUT2D eigenvalue weighted by Gasteiger charge is -2.23. The van der Waals surface area contributed by atoms with E-state index >= 15 is 0 Å². The fourth-order valence-corrected chi connectivity index (χ4v) is 1.71. The van der Waals surface area contributed by atoms with E-state index in [1.54, 1.807) is 0 Å². The molecule has 1 nitrogen and oxygen atoms in total. The first-order valence-corrected chi connectivity index (χ1v) is 4.92. The average Bonchev–Trinajstić information content (AvgIpc) is 2.07. The van der Waals surface area contributed by atoms with Gasteiger partial charge in [-0.1, -0.05) is 30.3 Å². The minimum Gasteiger partial charge on any atom is -0.386 e. The molecule has 0 amide bonds. The third-order valence-electron chi connectivity index (χ3n) is 2.38. The van der Waals surface area contributed by atoms with E-state index in [0.29, 0.717) is 0 Å². The molecule has 1 rings (SSSR count). The summed E-state index contributed by atoms with van der Waals surface area (Å²) in [6.45, 7) is 7.65. The second-order valence-electron chi connectivity index (χ2n) is 4.08. The van der Waals surface area contributed by atoms with E-state index in [4.69, 9.17) is 0 Å². The van der Waals surface area contributed by atoms with Crippen molar-refractivity contribution >= 4 is 5.57 Å². The van der Waals surface area contributed by atoms with Gasteiger partial charge in [-0.3, -0.25) is 0 Å². The maximum Gasteiger partial charge on any atom is 0.0843 e. The van der Waals surface area contributed by atoms with E-state index in [-0.39, 0.29) is 0 Å². The van der Waals surface area contributed by atoms with Gasteiger partial charge in [-0.2, -0.15) is 0 Å². The minimum atomic E-state index is -0.777. The summed E-state index contributed by atoms with van der Waals surface area (Å²) < 4.78 is 0. The van der Waals surface area contributed by atoms with Crippen LogP contribution in [0.15, 0.2) is 30.3 Å². The topological polar surface area (TPSA) is 20.2 Å². The summed E-state index contributed by atoms with van der Waals surface area (Å²) in [5.41, 5.74) is 2.53. The van der Waals surface area contributed by atoms with Crippen LogP contribution in [-0.4, -0.2) is 10.7 Å². The molecule has 0 saturated carbocycles. The Morgan fingerprint density at radius 2 is 1.86 bits per heavy atom. The molecule has 0 atom stereocenters. The highest BCUT2D eigenvalue weighted by Crippen LogP contribution is 2.28. The number of benzene rings is 1. The molecule has 0 aromatic heterocycles. The van der Waals surface area contributed by atoms with Crippen molar-refractivity contribution in [1.82, 2.24) is 0 Å². The smallest absolute Gasteiger partial charge is 0.0843 e. The Morgan fingerprint density at radius 1 is 1.29 bits per heavy atom. The van der Waals surface area contributed by atoms with Gasteiger partial charge in [0.2, 0.25) is 0 Å². The first-order valence-electron chi connectivity index (χ1n) is 4.92. The summed E-state index contributed by atoms with van der Waals surface area (Å²) in [6, 6.07) is 8.11. The Balaban J connectivity index is 3.23. The Morgan fingerprint density at radius 3 is 2.29 bits per heavy atom. The lowest BCUT2D eigenvalue weighted by atomic mass is 9.89. The van der Waals surface area contributed by atoms with E-state index in [1.165, 1.54) is 5.56 Å². The van der Waals surface area contributed by atoms with Crippen molar-refractivity contribution < 1.29 is 5.11 Å². The third-order valence-corrected chi connectivity index (χ3v) is 2.38. The summed E-state index contributed by atoms with van der Waals surface area (Å²) in [5, 5.41) is 9.99. The van der Waals surface area contributed by atoms with Gasteiger partial charge in [-0.25, -0.2) is 0 Å². The summed E-state index contributed by atoms with van der Waals surface area (Å²) in [4.78, 5) is 0. The SMILES string of the molecule is CC=C(c1ccccc1C)C(C)(C)O. The van der Waals surface area contributed by atoms with Crippen LogP contribution in [0, 0.1) is 6.92 Å². The van der Waals surface area contributed by atoms with Crippen molar-refractivity contribution in [3.63, 3.8) is 0 Å². The molecule has 1 N–H and O–H groups in total. The van der Waals surface area contributed by atoms with Crippen LogP contribution >= 0.6 is 0 Å². The lowest BCUT2D eigenvalue weighted by molar-refractivity contribution is 0.143. The van der Waals surface area contributed by atoms with Gasteiger partial charge in [-0.15, -0.1) is 0 Å². The molecule has 0 unspecified atom stereocenters. The number of hydrogen-bond donors (Lipinski definition) is 1. The Bertz CT molecular complexity index is 342.